The zero-order valence-corrected chi connectivity index (χ0v) is 8.91. The second-order valence-electron chi connectivity index (χ2n) is 2.54. The highest BCUT2D eigenvalue weighted by Gasteiger charge is 2.02. The Bertz CT molecular complexity index is 349. The highest BCUT2D eigenvalue weighted by molar-refractivity contribution is 9.11. The van der Waals surface area contributed by atoms with Gasteiger partial charge in [-0.05, 0) is 12.1 Å². The Kier molecular flexibility index (Phi) is 3.58. The van der Waals surface area contributed by atoms with Crippen LogP contribution in [0.4, 0.5) is 5.82 Å². The normalized spacial score (nSPS) is 9.50. The molecule has 1 heterocycles. The molecule has 0 atom stereocenters. The maximum absolute atomic E-state index is 10.7. The van der Waals surface area contributed by atoms with Crippen LogP contribution in [0.25, 0.3) is 0 Å². The molecule has 0 fully saturated rings. The molecule has 0 saturated heterocycles. The fraction of sp³-hybridized carbons (Fsp3) is 0.125. The van der Waals surface area contributed by atoms with E-state index in [4.69, 9.17) is 5.73 Å². The molecule has 0 aliphatic heterocycles. The first-order valence-electron chi connectivity index (χ1n) is 3.80. The second kappa shape index (κ2) is 4.71. The van der Waals surface area contributed by atoms with Crippen molar-refractivity contribution in [3.8, 4) is 0 Å². The van der Waals surface area contributed by atoms with Gasteiger partial charge in [0.05, 0.1) is 0 Å². The van der Waals surface area contributed by atoms with E-state index < -0.39 is 5.91 Å². The maximum Gasteiger partial charge on any atom is 0.269 e. The summed E-state index contributed by atoms with van der Waals surface area (Å²) in [7, 11) is 0. The lowest BCUT2D eigenvalue weighted by molar-refractivity contribution is 0.0994. The minimum atomic E-state index is -0.589. The number of hydrogen-bond donors (Lipinski definition) is 2. The van der Waals surface area contributed by atoms with Gasteiger partial charge in [0.2, 0.25) is 0 Å². The van der Waals surface area contributed by atoms with E-state index in [-0.39, 0.29) is 5.69 Å². The molecule has 0 spiro atoms. The summed E-state index contributed by atoms with van der Waals surface area (Å²) in [5, 5.41) is 10.3. The SMILES string of the molecule is C=C(Br)CNc1ccc(C(N)=O)nn1. The maximum atomic E-state index is 10.7. The Morgan fingerprint density at radius 2 is 2.29 bits per heavy atom. The lowest BCUT2D eigenvalue weighted by atomic mass is 10.4. The number of nitrogens with two attached hydrogens (primary N) is 1. The lowest BCUT2D eigenvalue weighted by Crippen LogP contribution is -2.14. The van der Waals surface area contributed by atoms with Crippen LogP contribution in [0.15, 0.2) is 23.2 Å². The number of anilines is 1. The highest BCUT2D eigenvalue weighted by Crippen LogP contribution is 2.05. The zero-order valence-electron chi connectivity index (χ0n) is 7.33. The first-order chi connectivity index (χ1) is 6.59. The fourth-order valence-corrected chi connectivity index (χ4v) is 0.885. The molecule has 0 bridgehead atoms. The molecule has 0 unspecified atom stereocenters. The first-order valence-corrected chi connectivity index (χ1v) is 4.59. The number of carbonyl (C=O) groups is 1. The van der Waals surface area contributed by atoms with Crippen molar-refractivity contribution < 1.29 is 4.79 Å². The van der Waals surface area contributed by atoms with Crippen LogP contribution >= 0.6 is 15.9 Å². The molecule has 14 heavy (non-hydrogen) atoms. The van der Waals surface area contributed by atoms with Gasteiger partial charge in [-0.1, -0.05) is 22.5 Å². The van der Waals surface area contributed by atoms with Crippen LogP contribution in [-0.2, 0) is 0 Å². The Morgan fingerprint density at radius 3 is 2.71 bits per heavy atom. The molecule has 0 radical (unpaired) electrons. The number of nitrogens with one attached hydrogen (secondary N) is 1. The van der Waals surface area contributed by atoms with Crippen molar-refractivity contribution in [1.82, 2.24) is 10.2 Å². The molecule has 1 amide bonds. The summed E-state index contributed by atoms with van der Waals surface area (Å²) in [6.07, 6.45) is 0. The van der Waals surface area contributed by atoms with Gasteiger partial charge in [0.15, 0.2) is 5.69 Å². The Morgan fingerprint density at radius 1 is 1.57 bits per heavy atom. The van der Waals surface area contributed by atoms with Gasteiger partial charge in [0, 0.05) is 11.0 Å². The molecule has 1 aromatic rings. The van der Waals surface area contributed by atoms with Crippen LogP contribution in [0.5, 0.6) is 0 Å². The topological polar surface area (TPSA) is 80.9 Å². The molecule has 3 N–H and O–H groups in total. The van der Waals surface area contributed by atoms with E-state index in [2.05, 4.69) is 38.0 Å². The third kappa shape index (κ3) is 3.14. The van der Waals surface area contributed by atoms with Crippen molar-refractivity contribution in [3.05, 3.63) is 28.9 Å². The van der Waals surface area contributed by atoms with Crippen molar-refractivity contribution in [2.75, 3.05) is 11.9 Å². The molecular formula is C8H9BrN4O. The van der Waals surface area contributed by atoms with Gasteiger partial charge in [-0.2, -0.15) is 0 Å². The molecule has 5 nitrogen and oxygen atoms in total. The number of hydrogen-bond acceptors (Lipinski definition) is 4. The van der Waals surface area contributed by atoms with Crippen molar-refractivity contribution >= 4 is 27.7 Å². The average molecular weight is 257 g/mol. The summed E-state index contributed by atoms with van der Waals surface area (Å²) in [5.74, 6) is -0.0236. The van der Waals surface area contributed by atoms with E-state index in [1.807, 2.05) is 0 Å². The Labute approximate surface area is 89.5 Å². The van der Waals surface area contributed by atoms with E-state index >= 15 is 0 Å². The van der Waals surface area contributed by atoms with Gasteiger partial charge in [-0.3, -0.25) is 4.79 Å². The van der Waals surface area contributed by atoms with E-state index in [0.29, 0.717) is 12.4 Å². The van der Waals surface area contributed by atoms with Gasteiger partial charge < -0.3 is 11.1 Å². The van der Waals surface area contributed by atoms with Gasteiger partial charge >= 0.3 is 0 Å². The van der Waals surface area contributed by atoms with E-state index in [0.717, 1.165) is 4.48 Å². The van der Waals surface area contributed by atoms with Crippen LogP contribution in [0, 0.1) is 0 Å². The number of rotatable bonds is 4. The smallest absolute Gasteiger partial charge is 0.269 e. The summed E-state index contributed by atoms with van der Waals surface area (Å²) >= 11 is 3.19. The fourth-order valence-electron chi connectivity index (χ4n) is 0.744. The standard InChI is InChI=1S/C8H9BrN4O/c1-5(9)4-11-7-3-2-6(8(10)14)12-13-7/h2-3H,1,4H2,(H2,10,14)(H,11,13). The first kappa shape index (κ1) is 10.6. The minimum Gasteiger partial charge on any atom is -0.364 e. The number of carbonyl (C=O) groups excluding carboxylic acids is 1. The summed E-state index contributed by atoms with van der Waals surface area (Å²) in [5.41, 5.74) is 5.15. The zero-order chi connectivity index (χ0) is 10.6. The quantitative estimate of drug-likeness (QED) is 0.839. The molecule has 0 aromatic carbocycles. The van der Waals surface area contributed by atoms with E-state index in [1.54, 1.807) is 6.07 Å². The van der Waals surface area contributed by atoms with Crippen molar-refractivity contribution in [3.63, 3.8) is 0 Å². The van der Waals surface area contributed by atoms with E-state index in [1.165, 1.54) is 6.07 Å². The third-order valence-electron chi connectivity index (χ3n) is 1.38. The van der Waals surface area contributed by atoms with E-state index in [9.17, 15) is 4.79 Å². The van der Waals surface area contributed by atoms with Gasteiger partial charge in [-0.25, -0.2) is 0 Å². The van der Waals surface area contributed by atoms with Crippen LogP contribution in [0.1, 0.15) is 10.5 Å². The van der Waals surface area contributed by atoms with Gasteiger partial charge in [0.1, 0.15) is 5.82 Å². The highest BCUT2D eigenvalue weighted by atomic mass is 79.9. The second-order valence-corrected chi connectivity index (χ2v) is 3.66. The molecule has 6 heteroatoms. The number of primary amides is 1. The van der Waals surface area contributed by atoms with Gasteiger partial charge in [-0.15, -0.1) is 10.2 Å². The van der Waals surface area contributed by atoms with Crippen molar-refractivity contribution in [1.29, 1.82) is 0 Å². The predicted molar refractivity (Wildman–Crippen MR) is 57.1 cm³/mol. The van der Waals surface area contributed by atoms with Gasteiger partial charge in [0.25, 0.3) is 5.91 Å². The monoisotopic (exact) mass is 256 g/mol. The summed E-state index contributed by atoms with van der Waals surface area (Å²) in [6.45, 7) is 4.19. The largest absolute Gasteiger partial charge is 0.364 e. The Hall–Kier alpha value is -1.43. The van der Waals surface area contributed by atoms with Crippen LogP contribution in [-0.4, -0.2) is 22.6 Å². The third-order valence-corrected chi connectivity index (χ3v) is 1.66. The minimum absolute atomic E-state index is 0.146. The van der Waals surface area contributed by atoms with Crippen LogP contribution < -0.4 is 11.1 Å². The van der Waals surface area contributed by atoms with Crippen molar-refractivity contribution in [2.45, 2.75) is 0 Å². The number of amides is 1. The molecule has 0 aliphatic carbocycles. The number of aromatic nitrogens is 2. The summed E-state index contributed by atoms with van der Waals surface area (Å²) < 4.78 is 0.804. The molecule has 0 saturated carbocycles. The average Bonchev–Trinajstić information content (AvgIpc) is 2.15. The lowest BCUT2D eigenvalue weighted by Gasteiger charge is -2.02. The van der Waals surface area contributed by atoms with Crippen molar-refractivity contribution in [2.24, 2.45) is 5.73 Å². The summed E-state index contributed by atoms with van der Waals surface area (Å²) in [4.78, 5) is 10.7. The molecule has 1 aromatic heterocycles. The van der Waals surface area contributed by atoms with Crippen LogP contribution in [0.2, 0.25) is 0 Å². The molecular weight excluding hydrogens is 248 g/mol. The molecule has 74 valence electrons. The number of nitrogens with zero attached hydrogens (tertiary/aromatic N) is 2. The molecule has 1 rings (SSSR count). The summed E-state index contributed by atoms with van der Waals surface area (Å²) in [6, 6.07) is 3.14. The van der Waals surface area contributed by atoms with Crippen LogP contribution in [0.3, 0.4) is 0 Å². The number of halogens is 1. The molecule has 0 aliphatic rings. The predicted octanol–water partition coefficient (Wildman–Crippen LogP) is 0.896. The Balaban J connectivity index is 2.64.